The highest BCUT2D eigenvalue weighted by Crippen LogP contribution is 2.33. The number of carbonyl (C=O) groups excluding carboxylic acids is 1. The lowest BCUT2D eigenvalue weighted by molar-refractivity contribution is 0.0617. The van der Waals surface area contributed by atoms with Crippen molar-refractivity contribution < 1.29 is 4.79 Å². The van der Waals surface area contributed by atoms with E-state index in [1.54, 1.807) is 7.05 Å². The molecular weight excluding hydrogens is 290 g/mol. The van der Waals surface area contributed by atoms with Crippen molar-refractivity contribution in [3.63, 3.8) is 0 Å². The van der Waals surface area contributed by atoms with Gasteiger partial charge in [0.05, 0.1) is 0 Å². The molecule has 1 aromatic carbocycles. The van der Waals surface area contributed by atoms with E-state index in [1.165, 1.54) is 21.9 Å². The summed E-state index contributed by atoms with van der Waals surface area (Å²) in [5.41, 5.74) is 2.45. The molecule has 122 valence electrons. The third-order valence-electron chi connectivity index (χ3n) is 4.78. The lowest BCUT2D eigenvalue weighted by Crippen LogP contribution is -2.46. The quantitative estimate of drug-likeness (QED) is 0.945. The first-order valence-corrected chi connectivity index (χ1v) is 8.03. The maximum absolute atomic E-state index is 12.8. The number of likely N-dealkylation sites (tertiary alicyclic amines) is 1. The number of carbonyl (C=O) groups is 1. The summed E-state index contributed by atoms with van der Waals surface area (Å²) in [6, 6.07) is 9.82. The summed E-state index contributed by atoms with van der Waals surface area (Å²) in [6.07, 6.45) is 2.80. The zero-order chi connectivity index (χ0) is 16.6. The van der Waals surface area contributed by atoms with Crippen LogP contribution in [0.1, 0.15) is 41.4 Å². The molecule has 0 radical (unpaired) electrons. The summed E-state index contributed by atoms with van der Waals surface area (Å²) in [5, 5.41) is 2.84. The molecule has 5 nitrogen and oxygen atoms in total. The summed E-state index contributed by atoms with van der Waals surface area (Å²) in [4.78, 5) is 26.4. The van der Waals surface area contributed by atoms with E-state index in [-0.39, 0.29) is 17.0 Å². The molecule has 1 atom stereocenters. The van der Waals surface area contributed by atoms with Crippen LogP contribution in [0.4, 0.5) is 0 Å². The largest absolute Gasteiger partial charge is 0.332 e. The number of rotatable bonds is 3. The zero-order valence-electron chi connectivity index (χ0n) is 13.9. The molecule has 1 saturated heterocycles. The zero-order valence-corrected chi connectivity index (χ0v) is 13.9. The minimum Gasteiger partial charge on any atom is -0.332 e. The van der Waals surface area contributed by atoms with Gasteiger partial charge < -0.3 is 4.90 Å². The van der Waals surface area contributed by atoms with Crippen molar-refractivity contribution >= 4 is 5.91 Å². The molecule has 5 heteroatoms. The number of nitrogens with one attached hydrogen (secondary N) is 1. The molecule has 0 aliphatic carbocycles. The van der Waals surface area contributed by atoms with Gasteiger partial charge in [-0.05, 0) is 38.7 Å². The normalized spacial score (nSPS) is 20.9. The van der Waals surface area contributed by atoms with Gasteiger partial charge in [-0.1, -0.05) is 29.8 Å². The SMILES string of the molecule is Cc1cccc(C[C@@]2(C)CCCN2C(=O)c2cc(=O)n(C)[nH]2)c1. The fourth-order valence-corrected chi connectivity index (χ4v) is 3.56. The van der Waals surface area contributed by atoms with Crippen LogP contribution in [0.3, 0.4) is 0 Å². The molecule has 1 N–H and O–H groups in total. The predicted octanol–water partition coefficient (Wildman–Crippen LogP) is 2.26. The van der Waals surface area contributed by atoms with Crippen LogP contribution in [0.15, 0.2) is 35.1 Å². The average molecular weight is 313 g/mol. The average Bonchev–Trinajstić information content (AvgIpc) is 3.02. The molecule has 1 aliphatic rings. The Morgan fingerprint density at radius 3 is 2.78 bits per heavy atom. The van der Waals surface area contributed by atoms with Gasteiger partial charge in [0.2, 0.25) is 0 Å². The van der Waals surface area contributed by atoms with Crippen molar-refractivity contribution in [2.24, 2.45) is 7.05 Å². The van der Waals surface area contributed by atoms with Gasteiger partial charge in [0.1, 0.15) is 5.69 Å². The topological polar surface area (TPSA) is 58.1 Å². The molecule has 0 bridgehead atoms. The Hall–Kier alpha value is -2.30. The van der Waals surface area contributed by atoms with E-state index in [2.05, 4.69) is 43.2 Å². The number of nitrogens with zero attached hydrogens (tertiary/aromatic N) is 2. The van der Waals surface area contributed by atoms with E-state index in [0.717, 1.165) is 25.8 Å². The summed E-state index contributed by atoms with van der Waals surface area (Å²) in [7, 11) is 1.62. The third-order valence-corrected chi connectivity index (χ3v) is 4.78. The Kier molecular flexibility index (Phi) is 3.88. The van der Waals surface area contributed by atoms with Crippen LogP contribution in [0, 0.1) is 6.92 Å². The molecule has 2 heterocycles. The van der Waals surface area contributed by atoms with E-state index < -0.39 is 0 Å². The molecule has 3 rings (SSSR count). The van der Waals surface area contributed by atoms with Crippen LogP contribution in [0.2, 0.25) is 0 Å². The van der Waals surface area contributed by atoms with Crippen molar-refractivity contribution in [2.75, 3.05) is 6.54 Å². The highest BCUT2D eigenvalue weighted by atomic mass is 16.2. The van der Waals surface area contributed by atoms with Crippen LogP contribution in [0.5, 0.6) is 0 Å². The van der Waals surface area contributed by atoms with Gasteiger partial charge in [-0.15, -0.1) is 0 Å². The number of hydrogen-bond donors (Lipinski definition) is 1. The van der Waals surface area contributed by atoms with Crippen LogP contribution in [-0.4, -0.2) is 32.7 Å². The molecule has 0 saturated carbocycles. The van der Waals surface area contributed by atoms with Gasteiger partial charge in [0.15, 0.2) is 0 Å². The summed E-state index contributed by atoms with van der Waals surface area (Å²) in [5.74, 6) is -0.0876. The molecule has 1 amide bonds. The van der Waals surface area contributed by atoms with Crippen LogP contribution < -0.4 is 5.56 Å². The third kappa shape index (κ3) is 2.96. The minimum atomic E-state index is -0.211. The van der Waals surface area contributed by atoms with Crippen molar-refractivity contribution in [1.82, 2.24) is 14.7 Å². The van der Waals surface area contributed by atoms with E-state index in [0.29, 0.717) is 5.69 Å². The second-order valence-corrected chi connectivity index (χ2v) is 6.79. The molecule has 23 heavy (non-hydrogen) atoms. The second kappa shape index (κ2) is 5.72. The van der Waals surface area contributed by atoms with Gasteiger partial charge in [-0.25, -0.2) is 0 Å². The number of aromatic amines is 1. The van der Waals surface area contributed by atoms with Crippen molar-refractivity contribution in [3.05, 3.63) is 57.5 Å². The lowest BCUT2D eigenvalue weighted by Gasteiger charge is -2.35. The van der Waals surface area contributed by atoms with Crippen molar-refractivity contribution in [1.29, 1.82) is 0 Å². The number of benzene rings is 1. The fraction of sp³-hybridized carbons (Fsp3) is 0.444. The molecule has 1 aliphatic heterocycles. The highest BCUT2D eigenvalue weighted by molar-refractivity contribution is 5.93. The maximum atomic E-state index is 12.8. The van der Waals surface area contributed by atoms with E-state index >= 15 is 0 Å². The molecule has 2 aromatic rings. The van der Waals surface area contributed by atoms with Crippen molar-refractivity contribution in [2.45, 2.75) is 38.6 Å². The van der Waals surface area contributed by atoms with Crippen molar-refractivity contribution in [3.8, 4) is 0 Å². The number of amides is 1. The smallest absolute Gasteiger partial charge is 0.272 e. The molecule has 0 unspecified atom stereocenters. The molecule has 0 spiro atoms. The predicted molar refractivity (Wildman–Crippen MR) is 89.6 cm³/mol. The Morgan fingerprint density at radius 2 is 2.13 bits per heavy atom. The Morgan fingerprint density at radius 1 is 1.35 bits per heavy atom. The van der Waals surface area contributed by atoms with Gasteiger partial charge >= 0.3 is 0 Å². The highest BCUT2D eigenvalue weighted by Gasteiger charge is 2.40. The Labute approximate surface area is 135 Å². The number of aryl methyl sites for hydroxylation is 2. The summed E-state index contributed by atoms with van der Waals surface area (Å²) in [6.45, 7) is 4.96. The van der Waals surface area contributed by atoms with Gasteiger partial charge in [-0.2, -0.15) is 0 Å². The lowest BCUT2D eigenvalue weighted by atomic mass is 9.89. The minimum absolute atomic E-state index is 0.0876. The van der Waals surface area contributed by atoms with Crippen LogP contribution >= 0.6 is 0 Å². The first-order valence-electron chi connectivity index (χ1n) is 8.03. The monoisotopic (exact) mass is 313 g/mol. The summed E-state index contributed by atoms with van der Waals surface area (Å²) >= 11 is 0. The van der Waals surface area contributed by atoms with E-state index in [9.17, 15) is 9.59 Å². The first-order chi connectivity index (χ1) is 10.9. The second-order valence-electron chi connectivity index (χ2n) is 6.79. The molecule has 1 fully saturated rings. The van der Waals surface area contributed by atoms with Crippen LogP contribution in [-0.2, 0) is 13.5 Å². The Bertz CT molecular complexity index is 790. The fourth-order valence-electron chi connectivity index (χ4n) is 3.56. The molecular formula is C18H23N3O2. The Balaban J connectivity index is 1.86. The number of aromatic nitrogens is 2. The maximum Gasteiger partial charge on any atom is 0.272 e. The van der Waals surface area contributed by atoms with Gasteiger partial charge in [0.25, 0.3) is 11.5 Å². The van der Waals surface area contributed by atoms with Gasteiger partial charge in [-0.3, -0.25) is 19.4 Å². The van der Waals surface area contributed by atoms with Crippen LogP contribution in [0.25, 0.3) is 0 Å². The number of H-pyrrole nitrogens is 1. The summed E-state index contributed by atoms with van der Waals surface area (Å²) < 4.78 is 1.33. The van der Waals surface area contributed by atoms with Gasteiger partial charge in [0, 0.05) is 25.2 Å². The first kappa shape index (κ1) is 15.6. The van der Waals surface area contributed by atoms with E-state index in [4.69, 9.17) is 0 Å². The molecule has 1 aromatic heterocycles. The standard InChI is InChI=1S/C18H23N3O2/c1-13-6-4-7-14(10-13)12-18(2)8-5-9-21(18)17(23)15-11-16(22)20(3)19-15/h4,6-7,10-11,19H,5,8-9,12H2,1-3H3/t18-/m1/s1. The number of hydrogen-bond acceptors (Lipinski definition) is 2. The van der Waals surface area contributed by atoms with E-state index in [1.807, 2.05) is 4.90 Å².